The van der Waals surface area contributed by atoms with E-state index in [4.69, 9.17) is 11.6 Å². The number of aryl methyl sites for hydroxylation is 1. The first-order valence-corrected chi connectivity index (χ1v) is 13.3. The van der Waals surface area contributed by atoms with E-state index in [0.717, 1.165) is 12.1 Å². The molecule has 36 heavy (non-hydrogen) atoms. The van der Waals surface area contributed by atoms with Gasteiger partial charge in [-0.25, -0.2) is 26.0 Å². The number of ketones is 1. The summed E-state index contributed by atoms with van der Waals surface area (Å²) in [6.45, 7) is 0.711. The van der Waals surface area contributed by atoms with Crippen molar-refractivity contribution in [3.63, 3.8) is 0 Å². The number of nitrogens with zero attached hydrogens (tertiary/aromatic N) is 5. The minimum Gasteiger partial charge on any atom is -0.295 e. The SMILES string of the molecule is Cn1cc(S(=O)(=O)N2CCN(C3(CCC(=O)c4c(F)cc(Cl)cc4F)CCC(F)(F)CC3)CC2)nn1. The summed E-state index contributed by atoms with van der Waals surface area (Å²) in [5, 5.41) is 6.98. The highest BCUT2D eigenvalue weighted by molar-refractivity contribution is 7.89. The van der Waals surface area contributed by atoms with E-state index in [-0.39, 0.29) is 74.8 Å². The molecule has 0 atom stereocenters. The number of carbonyl (C=O) groups is 1. The quantitative estimate of drug-likeness (QED) is 0.385. The second-order valence-corrected chi connectivity index (χ2v) is 11.7. The molecule has 0 radical (unpaired) electrons. The smallest absolute Gasteiger partial charge is 0.264 e. The lowest BCUT2D eigenvalue weighted by Crippen LogP contribution is -2.59. The third-order valence-electron chi connectivity index (χ3n) is 7.11. The second-order valence-electron chi connectivity index (χ2n) is 9.37. The van der Waals surface area contributed by atoms with Crippen molar-refractivity contribution in [3.05, 3.63) is 40.6 Å². The largest absolute Gasteiger partial charge is 0.295 e. The standard InChI is InChI=1S/C22H26ClF4N5O3S/c1-30-14-19(28-29-30)36(34,35)32-10-8-31(9-11-32)21(4-6-22(26,27)7-5-21)3-2-18(33)20-16(24)12-15(23)13-17(20)25/h12-14H,2-11H2,1H3. The summed E-state index contributed by atoms with van der Waals surface area (Å²) >= 11 is 5.64. The van der Waals surface area contributed by atoms with Crippen molar-refractivity contribution in [2.45, 2.75) is 55.0 Å². The zero-order valence-corrected chi connectivity index (χ0v) is 21.1. The first-order chi connectivity index (χ1) is 16.8. The Kier molecular flexibility index (Phi) is 7.48. The van der Waals surface area contributed by atoms with Crippen molar-refractivity contribution in [1.82, 2.24) is 24.2 Å². The first kappa shape index (κ1) is 27.0. The highest BCUT2D eigenvalue weighted by atomic mass is 35.5. The number of Topliss-reactive ketones (excluding diaryl/α,β-unsaturated/α-hetero) is 1. The lowest BCUT2D eigenvalue weighted by molar-refractivity contribution is -0.0891. The van der Waals surface area contributed by atoms with Crippen LogP contribution in [0.4, 0.5) is 17.6 Å². The van der Waals surface area contributed by atoms with Crippen LogP contribution in [0, 0.1) is 11.6 Å². The number of halogens is 5. The van der Waals surface area contributed by atoms with Gasteiger partial charge in [0.2, 0.25) is 10.9 Å². The molecule has 1 saturated heterocycles. The van der Waals surface area contributed by atoms with E-state index in [1.165, 1.54) is 15.2 Å². The molecular formula is C22H26ClF4N5O3S. The zero-order valence-electron chi connectivity index (χ0n) is 19.6. The van der Waals surface area contributed by atoms with Crippen molar-refractivity contribution in [1.29, 1.82) is 0 Å². The van der Waals surface area contributed by atoms with Gasteiger partial charge in [0.1, 0.15) is 11.6 Å². The molecule has 0 unspecified atom stereocenters. The van der Waals surface area contributed by atoms with Crippen LogP contribution < -0.4 is 0 Å². The predicted octanol–water partition coefficient (Wildman–Crippen LogP) is 3.66. The molecule has 2 heterocycles. The molecule has 2 aliphatic rings. The molecule has 0 amide bonds. The highest BCUT2D eigenvalue weighted by Gasteiger charge is 2.47. The Morgan fingerprint density at radius 2 is 1.64 bits per heavy atom. The third-order valence-corrected chi connectivity index (χ3v) is 9.09. The molecule has 1 aliphatic heterocycles. The van der Waals surface area contributed by atoms with Gasteiger partial charge in [-0.2, -0.15) is 4.31 Å². The van der Waals surface area contributed by atoms with Crippen LogP contribution in [0.3, 0.4) is 0 Å². The highest BCUT2D eigenvalue weighted by Crippen LogP contribution is 2.44. The molecule has 0 bridgehead atoms. The normalized spacial score (nSPS) is 20.9. The Bertz CT molecular complexity index is 1220. The molecule has 0 spiro atoms. The van der Waals surface area contributed by atoms with Crippen LogP contribution >= 0.6 is 11.6 Å². The summed E-state index contributed by atoms with van der Waals surface area (Å²) in [6, 6.07) is 1.71. The number of rotatable bonds is 7. The average molecular weight is 552 g/mol. The van der Waals surface area contributed by atoms with Gasteiger partial charge >= 0.3 is 0 Å². The van der Waals surface area contributed by atoms with Crippen LogP contribution in [0.2, 0.25) is 5.02 Å². The fourth-order valence-electron chi connectivity index (χ4n) is 5.06. The predicted molar refractivity (Wildman–Crippen MR) is 122 cm³/mol. The molecule has 1 aliphatic carbocycles. The van der Waals surface area contributed by atoms with Crippen LogP contribution in [-0.2, 0) is 17.1 Å². The number of carbonyl (C=O) groups excluding carboxylic acids is 1. The molecular weight excluding hydrogens is 526 g/mol. The minimum atomic E-state index is -3.86. The van der Waals surface area contributed by atoms with E-state index in [1.54, 1.807) is 7.05 Å². The average Bonchev–Trinajstić information content (AvgIpc) is 3.25. The Morgan fingerprint density at radius 3 is 2.17 bits per heavy atom. The van der Waals surface area contributed by atoms with Crippen molar-refractivity contribution in [2.75, 3.05) is 26.2 Å². The van der Waals surface area contributed by atoms with Crippen molar-refractivity contribution in [2.24, 2.45) is 7.05 Å². The molecule has 14 heteroatoms. The number of benzene rings is 1. The Balaban J connectivity index is 1.49. The molecule has 0 N–H and O–H groups in total. The van der Waals surface area contributed by atoms with Crippen molar-refractivity contribution < 1.29 is 30.8 Å². The maximum Gasteiger partial charge on any atom is 0.264 e. The van der Waals surface area contributed by atoms with Gasteiger partial charge in [-0.1, -0.05) is 16.8 Å². The van der Waals surface area contributed by atoms with E-state index in [0.29, 0.717) is 0 Å². The minimum absolute atomic E-state index is 0.0791. The van der Waals surface area contributed by atoms with Gasteiger partial charge < -0.3 is 0 Å². The maximum atomic E-state index is 14.2. The van der Waals surface area contributed by atoms with Crippen molar-refractivity contribution >= 4 is 27.4 Å². The number of hydrogen-bond acceptors (Lipinski definition) is 6. The molecule has 2 aromatic rings. The van der Waals surface area contributed by atoms with Gasteiger partial charge in [0.05, 0.1) is 11.8 Å². The number of sulfonamides is 1. The Hall–Kier alpha value is -2.09. The molecule has 2 fully saturated rings. The molecule has 1 aromatic carbocycles. The first-order valence-electron chi connectivity index (χ1n) is 11.5. The lowest BCUT2D eigenvalue weighted by atomic mass is 9.74. The summed E-state index contributed by atoms with van der Waals surface area (Å²) in [5.74, 6) is -5.75. The van der Waals surface area contributed by atoms with E-state index >= 15 is 0 Å². The molecule has 4 rings (SSSR count). The van der Waals surface area contributed by atoms with E-state index in [1.807, 2.05) is 4.90 Å². The van der Waals surface area contributed by atoms with E-state index in [9.17, 15) is 30.8 Å². The van der Waals surface area contributed by atoms with Gasteiger partial charge in [0.15, 0.2) is 5.78 Å². The fourth-order valence-corrected chi connectivity index (χ4v) is 6.59. The third kappa shape index (κ3) is 5.43. The summed E-state index contributed by atoms with van der Waals surface area (Å²) in [7, 11) is -2.31. The van der Waals surface area contributed by atoms with Gasteiger partial charge in [-0.05, 0) is 31.4 Å². The van der Waals surface area contributed by atoms with Gasteiger partial charge in [-0.15, -0.1) is 5.10 Å². The van der Waals surface area contributed by atoms with Crippen LogP contribution in [0.15, 0.2) is 23.4 Å². The van der Waals surface area contributed by atoms with Crippen LogP contribution in [0.25, 0.3) is 0 Å². The van der Waals surface area contributed by atoms with E-state index < -0.39 is 44.5 Å². The Morgan fingerprint density at radius 1 is 1.06 bits per heavy atom. The Labute approximate surface area is 211 Å². The van der Waals surface area contributed by atoms with Crippen LogP contribution in [-0.4, -0.2) is 76.0 Å². The van der Waals surface area contributed by atoms with Crippen LogP contribution in [0.1, 0.15) is 48.9 Å². The summed E-state index contributed by atoms with van der Waals surface area (Å²) < 4.78 is 84.9. The van der Waals surface area contributed by atoms with Crippen LogP contribution in [0.5, 0.6) is 0 Å². The molecule has 8 nitrogen and oxygen atoms in total. The summed E-state index contributed by atoms with van der Waals surface area (Å²) in [4.78, 5) is 14.7. The maximum absolute atomic E-state index is 14.2. The fraction of sp³-hybridized carbons (Fsp3) is 0.591. The topological polar surface area (TPSA) is 88.4 Å². The summed E-state index contributed by atoms with van der Waals surface area (Å²) in [5.41, 5.74) is -1.52. The monoisotopic (exact) mass is 551 g/mol. The molecule has 1 saturated carbocycles. The van der Waals surface area contributed by atoms with Crippen molar-refractivity contribution in [3.8, 4) is 0 Å². The molecule has 198 valence electrons. The van der Waals surface area contributed by atoms with E-state index in [2.05, 4.69) is 10.3 Å². The number of alkyl halides is 2. The van der Waals surface area contributed by atoms with Gasteiger partial charge in [0, 0.05) is 63.1 Å². The molecule has 1 aromatic heterocycles. The lowest BCUT2D eigenvalue weighted by Gasteiger charge is -2.50. The van der Waals surface area contributed by atoms with Gasteiger partial charge in [0.25, 0.3) is 10.0 Å². The number of hydrogen-bond donors (Lipinski definition) is 0. The summed E-state index contributed by atoms with van der Waals surface area (Å²) in [6.07, 6.45) is 0.546. The number of piperazine rings is 1. The number of aromatic nitrogens is 3. The van der Waals surface area contributed by atoms with Gasteiger partial charge in [-0.3, -0.25) is 14.4 Å². The second kappa shape index (κ2) is 9.99. The zero-order chi connectivity index (χ0) is 26.3.